The van der Waals surface area contributed by atoms with Gasteiger partial charge in [0.15, 0.2) is 6.29 Å². The number of aliphatic imine (C=N–C) groups is 1. The molecule has 70 valence electrons. The van der Waals surface area contributed by atoms with Crippen LogP contribution < -0.4 is 0 Å². The summed E-state index contributed by atoms with van der Waals surface area (Å²) in [4.78, 5) is 14.2. The second kappa shape index (κ2) is 4.60. The van der Waals surface area contributed by atoms with Gasteiger partial charge in [-0.05, 0) is 32.6 Å². The van der Waals surface area contributed by atoms with Crippen molar-refractivity contribution in [2.75, 3.05) is 0 Å². The van der Waals surface area contributed by atoms with Gasteiger partial charge in [0.25, 0.3) is 0 Å². The van der Waals surface area contributed by atoms with Gasteiger partial charge in [0.05, 0.1) is 11.7 Å². The van der Waals surface area contributed by atoms with E-state index in [-0.39, 0.29) is 0 Å². The fourth-order valence-corrected chi connectivity index (χ4v) is 0.919. The summed E-state index contributed by atoms with van der Waals surface area (Å²) in [6.45, 7) is 5.12. The number of carbonyl (C=O) groups excluding carboxylic acids is 1. The van der Waals surface area contributed by atoms with E-state index in [0.717, 1.165) is 19.1 Å². The van der Waals surface area contributed by atoms with E-state index in [1.807, 2.05) is 6.92 Å². The summed E-state index contributed by atoms with van der Waals surface area (Å²) < 4.78 is 5.49. The molecule has 0 spiro atoms. The van der Waals surface area contributed by atoms with E-state index in [4.69, 9.17) is 4.74 Å². The van der Waals surface area contributed by atoms with Gasteiger partial charge in [0.2, 0.25) is 0 Å². The van der Waals surface area contributed by atoms with E-state index in [1.54, 1.807) is 6.08 Å². The summed E-state index contributed by atoms with van der Waals surface area (Å²) in [6.07, 6.45) is 6.34. The van der Waals surface area contributed by atoms with Crippen LogP contribution in [0.3, 0.4) is 0 Å². The molecule has 0 aromatic rings. The Hall–Kier alpha value is -1.38. The maximum Gasteiger partial charge on any atom is 0.155 e. The van der Waals surface area contributed by atoms with Gasteiger partial charge in [0, 0.05) is 6.20 Å². The SMILES string of the molecule is C=N/C=C(C=O)\C(=C/C)OC1CC1. The fraction of sp³-hybridized carbons (Fsp3) is 0.400. The third-order valence-electron chi connectivity index (χ3n) is 1.72. The van der Waals surface area contributed by atoms with Gasteiger partial charge in [0.1, 0.15) is 5.76 Å². The number of aldehydes is 1. The Kier molecular flexibility index (Phi) is 3.43. The van der Waals surface area contributed by atoms with Crippen molar-refractivity contribution < 1.29 is 9.53 Å². The van der Waals surface area contributed by atoms with Crippen LogP contribution in [0.2, 0.25) is 0 Å². The number of rotatable bonds is 5. The second-order valence-electron chi connectivity index (χ2n) is 2.86. The van der Waals surface area contributed by atoms with Gasteiger partial charge in [-0.2, -0.15) is 0 Å². The molecule has 0 bridgehead atoms. The Morgan fingerprint density at radius 1 is 1.62 bits per heavy atom. The Morgan fingerprint density at radius 2 is 2.31 bits per heavy atom. The molecule has 0 aromatic carbocycles. The van der Waals surface area contributed by atoms with Crippen LogP contribution in [0, 0.1) is 0 Å². The molecule has 0 amide bonds. The zero-order chi connectivity index (χ0) is 9.68. The standard InChI is InChI=1S/C10H13NO2/c1-3-10(13-9-4-5-9)8(7-12)6-11-2/h3,6-7,9H,2,4-5H2,1H3/b8-6-,10-3+. The predicted molar refractivity (Wildman–Crippen MR) is 51.6 cm³/mol. The van der Waals surface area contributed by atoms with Gasteiger partial charge in [-0.15, -0.1) is 0 Å². The lowest BCUT2D eigenvalue weighted by Gasteiger charge is -2.07. The lowest BCUT2D eigenvalue weighted by atomic mass is 10.2. The smallest absolute Gasteiger partial charge is 0.155 e. The molecule has 13 heavy (non-hydrogen) atoms. The lowest BCUT2D eigenvalue weighted by molar-refractivity contribution is -0.105. The molecule has 1 aliphatic carbocycles. The molecule has 0 atom stereocenters. The zero-order valence-corrected chi connectivity index (χ0v) is 7.69. The van der Waals surface area contributed by atoms with E-state index in [0.29, 0.717) is 17.4 Å². The fourth-order valence-electron chi connectivity index (χ4n) is 0.919. The van der Waals surface area contributed by atoms with Gasteiger partial charge < -0.3 is 4.74 Å². The van der Waals surface area contributed by atoms with Crippen LogP contribution in [0.25, 0.3) is 0 Å². The molecular weight excluding hydrogens is 166 g/mol. The van der Waals surface area contributed by atoms with Crippen LogP contribution in [-0.2, 0) is 9.53 Å². The molecule has 0 heterocycles. The van der Waals surface area contributed by atoms with Crippen LogP contribution in [0.5, 0.6) is 0 Å². The molecule has 0 unspecified atom stereocenters. The monoisotopic (exact) mass is 179 g/mol. The van der Waals surface area contributed by atoms with Crippen LogP contribution in [0.15, 0.2) is 28.6 Å². The third-order valence-corrected chi connectivity index (χ3v) is 1.72. The van der Waals surface area contributed by atoms with Crippen LogP contribution >= 0.6 is 0 Å². The second-order valence-corrected chi connectivity index (χ2v) is 2.86. The van der Waals surface area contributed by atoms with E-state index < -0.39 is 0 Å². The highest BCUT2D eigenvalue weighted by molar-refractivity contribution is 5.79. The quantitative estimate of drug-likeness (QED) is 0.212. The van der Waals surface area contributed by atoms with Crippen LogP contribution in [0.1, 0.15) is 19.8 Å². The molecule has 0 radical (unpaired) electrons. The zero-order valence-electron chi connectivity index (χ0n) is 7.69. The maximum absolute atomic E-state index is 10.6. The van der Waals surface area contributed by atoms with Gasteiger partial charge in [-0.3, -0.25) is 9.79 Å². The summed E-state index contributed by atoms with van der Waals surface area (Å²) in [6, 6.07) is 0. The molecule has 1 rings (SSSR count). The Balaban J connectivity index is 2.66. The number of ether oxygens (including phenoxy) is 1. The normalized spacial score (nSPS) is 18.2. The molecule has 1 fully saturated rings. The predicted octanol–water partition coefficient (Wildman–Crippen LogP) is 1.85. The van der Waals surface area contributed by atoms with Crippen LogP contribution in [-0.4, -0.2) is 19.1 Å². The minimum absolute atomic E-state index is 0.291. The average Bonchev–Trinajstić information content (AvgIpc) is 2.94. The molecule has 1 saturated carbocycles. The van der Waals surface area contributed by atoms with E-state index >= 15 is 0 Å². The molecule has 0 aromatic heterocycles. The highest BCUT2D eigenvalue weighted by Crippen LogP contribution is 2.28. The number of nitrogens with zero attached hydrogens (tertiary/aromatic N) is 1. The van der Waals surface area contributed by atoms with Crippen molar-refractivity contribution in [1.82, 2.24) is 0 Å². The van der Waals surface area contributed by atoms with E-state index in [2.05, 4.69) is 11.7 Å². The average molecular weight is 179 g/mol. The summed E-state index contributed by atoms with van der Waals surface area (Å²) in [5, 5.41) is 0. The maximum atomic E-state index is 10.6. The first-order chi connectivity index (χ1) is 6.31. The number of carbonyl (C=O) groups is 1. The van der Waals surface area contributed by atoms with E-state index in [1.165, 1.54) is 6.20 Å². The first-order valence-electron chi connectivity index (χ1n) is 4.26. The highest BCUT2D eigenvalue weighted by atomic mass is 16.5. The van der Waals surface area contributed by atoms with Gasteiger partial charge in [-0.25, -0.2) is 0 Å². The summed E-state index contributed by atoms with van der Waals surface area (Å²) in [5.74, 6) is 0.602. The number of hydrogen-bond donors (Lipinski definition) is 0. The first-order valence-corrected chi connectivity index (χ1v) is 4.26. The molecule has 1 aliphatic rings. The Morgan fingerprint density at radius 3 is 2.69 bits per heavy atom. The van der Waals surface area contributed by atoms with Crippen molar-refractivity contribution >= 4 is 13.0 Å². The number of hydrogen-bond acceptors (Lipinski definition) is 3. The summed E-state index contributed by atoms with van der Waals surface area (Å²) >= 11 is 0. The van der Waals surface area contributed by atoms with Crippen LogP contribution in [0.4, 0.5) is 0 Å². The van der Waals surface area contributed by atoms with Gasteiger partial charge >= 0.3 is 0 Å². The van der Waals surface area contributed by atoms with Crippen molar-refractivity contribution in [3.8, 4) is 0 Å². The molecule has 3 nitrogen and oxygen atoms in total. The molecule has 0 aliphatic heterocycles. The minimum Gasteiger partial charge on any atom is -0.490 e. The highest BCUT2D eigenvalue weighted by Gasteiger charge is 2.25. The molecule has 0 N–H and O–H groups in total. The summed E-state index contributed by atoms with van der Waals surface area (Å²) in [7, 11) is 0. The number of allylic oxidation sites excluding steroid dienone is 2. The Bertz CT molecular complexity index is 262. The minimum atomic E-state index is 0.291. The van der Waals surface area contributed by atoms with Gasteiger partial charge in [-0.1, -0.05) is 0 Å². The third kappa shape index (κ3) is 2.86. The van der Waals surface area contributed by atoms with Crippen molar-refractivity contribution in [2.45, 2.75) is 25.9 Å². The van der Waals surface area contributed by atoms with Crippen molar-refractivity contribution in [3.05, 3.63) is 23.6 Å². The summed E-state index contributed by atoms with van der Waals surface area (Å²) in [5.41, 5.74) is 0.449. The van der Waals surface area contributed by atoms with Crippen molar-refractivity contribution in [1.29, 1.82) is 0 Å². The molecular formula is C10H13NO2. The molecule has 3 heteroatoms. The lowest BCUT2D eigenvalue weighted by Crippen LogP contribution is -1.98. The Labute approximate surface area is 77.8 Å². The van der Waals surface area contributed by atoms with E-state index in [9.17, 15) is 4.79 Å². The van der Waals surface area contributed by atoms with Crippen molar-refractivity contribution in [2.24, 2.45) is 4.99 Å². The first kappa shape index (κ1) is 9.71. The largest absolute Gasteiger partial charge is 0.490 e. The topological polar surface area (TPSA) is 38.7 Å². The molecule has 0 saturated heterocycles. The van der Waals surface area contributed by atoms with Crippen molar-refractivity contribution in [3.63, 3.8) is 0 Å².